The molecule has 0 bridgehead atoms. The molecule has 28 heavy (non-hydrogen) atoms. The number of aromatic amines is 1. The second kappa shape index (κ2) is 7.41. The number of tetrazole rings is 1. The number of hydrogen-bond donors (Lipinski definition) is 1. The Balaban J connectivity index is 1.81. The monoisotopic (exact) mass is 374 g/mol. The van der Waals surface area contributed by atoms with Gasteiger partial charge in [0.2, 0.25) is 0 Å². The average Bonchev–Trinajstić information content (AvgIpc) is 3.27. The lowest BCUT2D eigenvalue weighted by atomic mass is 9.79. The van der Waals surface area contributed by atoms with Gasteiger partial charge < -0.3 is 0 Å². The standard InChI is InChI=1S/C22H26N6/c1-14-13-16(11-12-23-14)19-17-9-5-6-10-18(17)24-21(15-7-3-2-4-8-15)20(19)22-25-27-28-26-22/h11-13,15H,2-10H2,1H3,(H,25,26,27,28). The van der Waals surface area contributed by atoms with Gasteiger partial charge in [-0.25, -0.2) is 5.10 Å². The Morgan fingerprint density at radius 1 is 1.00 bits per heavy atom. The minimum absolute atomic E-state index is 0.489. The molecule has 0 aromatic carbocycles. The summed E-state index contributed by atoms with van der Waals surface area (Å²) in [6, 6.07) is 4.30. The van der Waals surface area contributed by atoms with Crippen molar-refractivity contribution in [3.05, 3.63) is 41.0 Å². The largest absolute Gasteiger partial charge is 0.262 e. The van der Waals surface area contributed by atoms with Gasteiger partial charge in [-0.1, -0.05) is 19.3 Å². The van der Waals surface area contributed by atoms with Gasteiger partial charge in [0.1, 0.15) is 0 Å². The normalized spacial score (nSPS) is 17.5. The van der Waals surface area contributed by atoms with Crippen molar-refractivity contribution >= 4 is 0 Å². The first-order chi connectivity index (χ1) is 13.8. The fourth-order valence-corrected chi connectivity index (χ4v) is 4.96. The number of aromatic nitrogens is 6. The number of pyridine rings is 2. The molecule has 3 heterocycles. The summed E-state index contributed by atoms with van der Waals surface area (Å²) in [7, 11) is 0. The molecule has 0 amide bonds. The van der Waals surface area contributed by atoms with Crippen LogP contribution in [-0.4, -0.2) is 30.6 Å². The van der Waals surface area contributed by atoms with Crippen LogP contribution >= 0.6 is 0 Å². The molecule has 1 N–H and O–H groups in total. The molecule has 0 radical (unpaired) electrons. The zero-order chi connectivity index (χ0) is 18.9. The van der Waals surface area contributed by atoms with Crippen LogP contribution in [-0.2, 0) is 12.8 Å². The third kappa shape index (κ3) is 3.11. The van der Waals surface area contributed by atoms with Crippen molar-refractivity contribution in [2.24, 2.45) is 0 Å². The predicted octanol–water partition coefficient (Wildman–Crippen LogP) is 4.56. The van der Waals surface area contributed by atoms with Gasteiger partial charge in [0.15, 0.2) is 5.82 Å². The van der Waals surface area contributed by atoms with E-state index >= 15 is 0 Å². The summed E-state index contributed by atoms with van der Waals surface area (Å²) in [5.41, 5.74) is 8.48. The second-order valence-corrected chi connectivity index (χ2v) is 8.15. The molecule has 0 spiro atoms. The smallest absolute Gasteiger partial charge is 0.181 e. The number of nitrogens with one attached hydrogen (secondary N) is 1. The maximum Gasteiger partial charge on any atom is 0.181 e. The molecule has 0 aliphatic heterocycles. The highest BCUT2D eigenvalue weighted by Crippen LogP contribution is 2.44. The number of H-pyrrole nitrogens is 1. The summed E-state index contributed by atoms with van der Waals surface area (Å²) >= 11 is 0. The van der Waals surface area contributed by atoms with E-state index in [0.29, 0.717) is 5.92 Å². The van der Waals surface area contributed by atoms with Crippen molar-refractivity contribution in [1.82, 2.24) is 30.6 Å². The Morgan fingerprint density at radius 3 is 2.64 bits per heavy atom. The van der Waals surface area contributed by atoms with Crippen LogP contribution in [0, 0.1) is 6.92 Å². The first-order valence-electron chi connectivity index (χ1n) is 10.5. The third-order valence-electron chi connectivity index (χ3n) is 6.26. The van der Waals surface area contributed by atoms with E-state index in [9.17, 15) is 0 Å². The molecule has 3 aromatic rings. The number of aryl methyl sites for hydroxylation is 2. The van der Waals surface area contributed by atoms with Crippen molar-refractivity contribution in [1.29, 1.82) is 0 Å². The SMILES string of the molecule is Cc1cc(-c2c3c(nc(C4CCCCC4)c2-c2nnn[nH]2)CCCC3)ccn1. The minimum Gasteiger partial charge on any atom is -0.262 e. The van der Waals surface area contributed by atoms with Crippen LogP contribution in [0.5, 0.6) is 0 Å². The molecule has 1 fully saturated rings. The molecule has 2 aliphatic rings. The molecular weight excluding hydrogens is 348 g/mol. The van der Waals surface area contributed by atoms with Crippen LogP contribution in [0.15, 0.2) is 18.3 Å². The van der Waals surface area contributed by atoms with Gasteiger partial charge in [-0.05, 0) is 84.7 Å². The Morgan fingerprint density at radius 2 is 1.86 bits per heavy atom. The van der Waals surface area contributed by atoms with Gasteiger partial charge in [-0.15, -0.1) is 5.10 Å². The fraction of sp³-hybridized carbons (Fsp3) is 0.500. The van der Waals surface area contributed by atoms with E-state index in [-0.39, 0.29) is 0 Å². The van der Waals surface area contributed by atoms with Crippen LogP contribution < -0.4 is 0 Å². The fourth-order valence-electron chi connectivity index (χ4n) is 4.96. The van der Waals surface area contributed by atoms with Crippen molar-refractivity contribution in [2.75, 3.05) is 0 Å². The highest BCUT2D eigenvalue weighted by atomic mass is 15.5. The lowest BCUT2D eigenvalue weighted by Gasteiger charge is -2.28. The zero-order valence-electron chi connectivity index (χ0n) is 16.4. The maximum absolute atomic E-state index is 5.27. The van der Waals surface area contributed by atoms with Crippen LogP contribution in [0.1, 0.15) is 73.5 Å². The summed E-state index contributed by atoms with van der Waals surface area (Å²) in [5, 5.41) is 15.1. The highest BCUT2D eigenvalue weighted by Gasteiger charge is 2.29. The van der Waals surface area contributed by atoms with Gasteiger partial charge in [-0.3, -0.25) is 9.97 Å². The number of hydrogen-bond acceptors (Lipinski definition) is 5. The van der Waals surface area contributed by atoms with E-state index in [1.54, 1.807) is 0 Å². The minimum atomic E-state index is 0.489. The molecule has 6 nitrogen and oxygen atoms in total. The summed E-state index contributed by atoms with van der Waals surface area (Å²) < 4.78 is 0. The summed E-state index contributed by atoms with van der Waals surface area (Å²) in [6.45, 7) is 2.05. The molecule has 3 aromatic heterocycles. The Kier molecular flexibility index (Phi) is 4.63. The predicted molar refractivity (Wildman–Crippen MR) is 108 cm³/mol. The molecule has 144 valence electrons. The van der Waals surface area contributed by atoms with Gasteiger partial charge in [-0.2, -0.15) is 0 Å². The average molecular weight is 374 g/mol. The highest BCUT2D eigenvalue weighted by molar-refractivity contribution is 5.85. The van der Waals surface area contributed by atoms with Gasteiger partial charge in [0.25, 0.3) is 0 Å². The van der Waals surface area contributed by atoms with Gasteiger partial charge in [0, 0.05) is 23.5 Å². The Labute approximate surface area is 165 Å². The molecule has 2 aliphatic carbocycles. The van der Waals surface area contributed by atoms with E-state index in [4.69, 9.17) is 4.98 Å². The Bertz CT molecular complexity index is 973. The van der Waals surface area contributed by atoms with E-state index in [0.717, 1.165) is 29.9 Å². The topological polar surface area (TPSA) is 80.2 Å². The molecule has 0 unspecified atom stereocenters. The van der Waals surface area contributed by atoms with E-state index in [2.05, 4.69) is 44.7 Å². The number of nitrogens with zero attached hydrogens (tertiary/aromatic N) is 5. The first kappa shape index (κ1) is 17.5. The maximum atomic E-state index is 5.27. The first-order valence-corrected chi connectivity index (χ1v) is 10.5. The summed E-state index contributed by atoms with van der Waals surface area (Å²) in [6.07, 6.45) is 12.8. The van der Waals surface area contributed by atoms with Gasteiger partial charge in [0.05, 0.1) is 11.3 Å². The van der Waals surface area contributed by atoms with Crippen LogP contribution in [0.4, 0.5) is 0 Å². The molecule has 1 saturated carbocycles. The van der Waals surface area contributed by atoms with Crippen molar-refractivity contribution in [3.8, 4) is 22.5 Å². The quantitative estimate of drug-likeness (QED) is 0.727. The lowest BCUT2D eigenvalue weighted by molar-refractivity contribution is 0.436. The second-order valence-electron chi connectivity index (χ2n) is 8.15. The number of rotatable bonds is 3. The molecule has 6 heteroatoms. The summed E-state index contributed by atoms with van der Waals surface area (Å²) in [5.74, 6) is 1.23. The van der Waals surface area contributed by atoms with Crippen molar-refractivity contribution in [2.45, 2.75) is 70.6 Å². The van der Waals surface area contributed by atoms with E-state index < -0.39 is 0 Å². The van der Waals surface area contributed by atoms with Crippen molar-refractivity contribution < 1.29 is 0 Å². The van der Waals surface area contributed by atoms with Crippen LogP contribution in [0.2, 0.25) is 0 Å². The van der Waals surface area contributed by atoms with E-state index in [1.165, 1.54) is 73.0 Å². The lowest BCUT2D eigenvalue weighted by Crippen LogP contribution is -2.16. The van der Waals surface area contributed by atoms with Crippen LogP contribution in [0.25, 0.3) is 22.5 Å². The summed E-state index contributed by atoms with van der Waals surface area (Å²) in [4.78, 5) is 9.69. The Hall–Kier alpha value is -2.63. The third-order valence-corrected chi connectivity index (χ3v) is 6.26. The molecule has 5 rings (SSSR count). The van der Waals surface area contributed by atoms with Crippen molar-refractivity contribution in [3.63, 3.8) is 0 Å². The zero-order valence-corrected chi connectivity index (χ0v) is 16.4. The number of fused-ring (bicyclic) bond motifs is 1. The molecular formula is C22H26N6. The molecule has 0 atom stereocenters. The van der Waals surface area contributed by atoms with Gasteiger partial charge >= 0.3 is 0 Å². The molecule has 0 saturated heterocycles. The van der Waals surface area contributed by atoms with Crippen LogP contribution in [0.3, 0.4) is 0 Å². The van der Waals surface area contributed by atoms with E-state index in [1.807, 2.05) is 6.20 Å².